The van der Waals surface area contributed by atoms with Crippen molar-refractivity contribution < 1.29 is 14.3 Å². The minimum atomic E-state index is -0.375. The number of fused-ring (bicyclic) bond motifs is 1. The Hall–Kier alpha value is -2.66. The zero-order valence-corrected chi connectivity index (χ0v) is 15.2. The van der Waals surface area contributed by atoms with E-state index in [1.165, 1.54) is 5.56 Å². The molecule has 2 N–H and O–H groups in total. The number of rotatable bonds is 6. The highest BCUT2D eigenvalue weighted by atomic mass is 16.5. The number of carbonyl (C=O) groups excluding carboxylic acids is 2. The second-order valence-corrected chi connectivity index (χ2v) is 6.61. The Bertz CT molecular complexity index is 832. The largest absolute Gasteiger partial charge is 0.494 e. The third-order valence-corrected chi connectivity index (χ3v) is 4.81. The fourth-order valence-electron chi connectivity index (χ4n) is 3.46. The Kier molecular flexibility index (Phi) is 5.38. The molecule has 2 aromatic carbocycles. The molecule has 2 aromatic rings. The number of ether oxygens (including phenoxy) is 1. The molecule has 3 rings (SSSR count). The average molecular weight is 352 g/mol. The third-order valence-electron chi connectivity index (χ3n) is 4.81. The van der Waals surface area contributed by atoms with E-state index in [1.54, 1.807) is 13.0 Å². The maximum atomic E-state index is 12.0. The van der Waals surface area contributed by atoms with Crippen molar-refractivity contribution in [2.75, 3.05) is 6.61 Å². The van der Waals surface area contributed by atoms with Crippen molar-refractivity contribution in [1.82, 2.24) is 4.90 Å². The molecule has 1 atom stereocenters. The topological polar surface area (TPSA) is 72.6 Å². The van der Waals surface area contributed by atoms with Gasteiger partial charge in [-0.25, -0.2) is 0 Å². The van der Waals surface area contributed by atoms with Crippen LogP contribution >= 0.6 is 0 Å². The van der Waals surface area contributed by atoms with Gasteiger partial charge in [0.2, 0.25) is 5.91 Å². The standard InChI is InChI=1S/C21H24N2O3/c1-3-26-20-9-8-15(14(2)24)10-18(20)13-23-12-17-7-5-4-6-16(17)11-19(23)21(22)25/h4-10,19H,3,11-13H2,1-2H3,(H2,22,25)/t19-/m1/s1. The number of amides is 1. The molecule has 136 valence electrons. The number of benzene rings is 2. The highest BCUT2D eigenvalue weighted by molar-refractivity contribution is 5.94. The van der Waals surface area contributed by atoms with Crippen molar-refractivity contribution in [2.45, 2.75) is 39.4 Å². The normalized spacial score (nSPS) is 16.8. The van der Waals surface area contributed by atoms with Crippen LogP contribution in [0.5, 0.6) is 5.75 Å². The van der Waals surface area contributed by atoms with Crippen LogP contribution in [0.3, 0.4) is 0 Å². The molecule has 0 aliphatic carbocycles. The van der Waals surface area contributed by atoms with Gasteiger partial charge in [-0.3, -0.25) is 14.5 Å². The molecule has 1 heterocycles. The van der Waals surface area contributed by atoms with Crippen LogP contribution in [0.2, 0.25) is 0 Å². The molecule has 1 amide bonds. The molecule has 26 heavy (non-hydrogen) atoms. The van der Waals surface area contributed by atoms with E-state index >= 15 is 0 Å². The van der Waals surface area contributed by atoms with Gasteiger partial charge in [0.1, 0.15) is 5.75 Å². The van der Waals surface area contributed by atoms with E-state index in [2.05, 4.69) is 11.0 Å². The van der Waals surface area contributed by atoms with Gasteiger partial charge in [0.15, 0.2) is 5.78 Å². The van der Waals surface area contributed by atoms with E-state index in [9.17, 15) is 9.59 Å². The van der Waals surface area contributed by atoms with Crippen LogP contribution in [0.4, 0.5) is 0 Å². The predicted molar refractivity (Wildman–Crippen MR) is 100.0 cm³/mol. The molecule has 1 aliphatic heterocycles. The lowest BCUT2D eigenvalue weighted by atomic mass is 9.93. The Labute approximate surface area is 153 Å². The fraction of sp³-hybridized carbons (Fsp3) is 0.333. The number of nitrogens with zero attached hydrogens (tertiary/aromatic N) is 1. The first-order valence-electron chi connectivity index (χ1n) is 8.86. The third kappa shape index (κ3) is 3.78. The van der Waals surface area contributed by atoms with Crippen LogP contribution in [-0.2, 0) is 24.3 Å². The summed E-state index contributed by atoms with van der Waals surface area (Å²) in [6.07, 6.45) is 0.599. The molecule has 1 aliphatic rings. The number of ketones is 1. The number of primary amides is 1. The van der Waals surface area contributed by atoms with Crippen LogP contribution in [0.25, 0.3) is 0 Å². The van der Waals surface area contributed by atoms with E-state index < -0.39 is 0 Å². The molecular formula is C21H24N2O3. The SMILES string of the molecule is CCOc1ccc(C(C)=O)cc1CN1Cc2ccccc2C[C@@H]1C(N)=O. The summed E-state index contributed by atoms with van der Waals surface area (Å²) in [5, 5.41) is 0. The minimum Gasteiger partial charge on any atom is -0.494 e. The second-order valence-electron chi connectivity index (χ2n) is 6.61. The first-order valence-corrected chi connectivity index (χ1v) is 8.86. The molecule has 5 nitrogen and oxygen atoms in total. The smallest absolute Gasteiger partial charge is 0.235 e. The van der Waals surface area contributed by atoms with Gasteiger partial charge in [-0.1, -0.05) is 24.3 Å². The number of hydrogen-bond donors (Lipinski definition) is 1. The van der Waals surface area contributed by atoms with E-state index in [0.29, 0.717) is 31.7 Å². The highest BCUT2D eigenvalue weighted by Crippen LogP contribution is 2.28. The van der Waals surface area contributed by atoms with Crippen molar-refractivity contribution in [1.29, 1.82) is 0 Å². The molecule has 0 radical (unpaired) electrons. The molecule has 0 bridgehead atoms. The molecule has 5 heteroatoms. The van der Waals surface area contributed by atoms with Gasteiger partial charge >= 0.3 is 0 Å². The summed E-state index contributed by atoms with van der Waals surface area (Å²) in [7, 11) is 0. The summed E-state index contributed by atoms with van der Waals surface area (Å²) in [6, 6.07) is 13.2. The van der Waals surface area contributed by atoms with Crippen molar-refractivity contribution in [3.05, 3.63) is 64.7 Å². The molecule has 0 aromatic heterocycles. The van der Waals surface area contributed by atoms with E-state index in [1.807, 2.05) is 37.3 Å². The molecule has 0 unspecified atom stereocenters. The van der Waals surface area contributed by atoms with Gasteiger partial charge in [-0.2, -0.15) is 0 Å². The summed E-state index contributed by atoms with van der Waals surface area (Å²) >= 11 is 0. The lowest BCUT2D eigenvalue weighted by Crippen LogP contribution is -2.48. The fourth-order valence-corrected chi connectivity index (χ4v) is 3.46. The van der Waals surface area contributed by atoms with Gasteiger partial charge in [0.05, 0.1) is 12.6 Å². The summed E-state index contributed by atoms with van der Waals surface area (Å²) in [5.41, 5.74) is 9.57. The minimum absolute atomic E-state index is 0.00439. The van der Waals surface area contributed by atoms with Crippen LogP contribution in [0.15, 0.2) is 42.5 Å². The number of nitrogens with two attached hydrogens (primary N) is 1. The van der Waals surface area contributed by atoms with Crippen LogP contribution in [0.1, 0.15) is 40.9 Å². The first-order chi connectivity index (χ1) is 12.5. The van der Waals surface area contributed by atoms with Crippen LogP contribution in [-0.4, -0.2) is 29.2 Å². The number of Topliss-reactive ketones (excluding diaryl/α,β-unsaturated/α-hetero) is 1. The van der Waals surface area contributed by atoms with Gasteiger partial charge in [0.25, 0.3) is 0 Å². The Morgan fingerprint density at radius 1 is 1.19 bits per heavy atom. The quantitative estimate of drug-likeness (QED) is 0.812. The number of hydrogen-bond acceptors (Lipinski definition) is 4. The maximum absolute atomic E-state index is 12.0. The Morgan fingerprint density at radius 2 is 1.92 bits per heavy atom. The van der Waals surface area contributed by atoms with Crippen molar-refractivity contribution in [3.8, 4) is 5.75 Å². The molecular weight excluding hydrogens is 328 g/mol. The summed E-state index contributed by atoms with van der Waals surface area (Å²) in [4.78, 5) is 25.9. The summed E-state index contributed by atoms with van der Waals surface area (Å²) < 4.78 is 5.72. The molecule has 0 fully saturated rings. The second kappa shape index (κ2) is 7.70. The van der Waals surface area contributed by atoms with Gasteiger partial charge in [0, 0.05) is 24.2 Å². The summed E-state index contributed by atoms with van der Waals surface area (Å²) in [6.45, 7) is 5.14. The Balaban J connectivity index is 1.94. The van der Waals surface area contributed by atoms with Gasteiger partial charge < -0.3 is 10.5 Å². The lowest BCUT2D eigenvalue weighted by Gasteiger charge is -2.35. The maximum Gasteiger partial charge on any atom is 0.235 e. The predicted octanol–water partition coefficient (Wildman–Crippen LogP) is 2.70. The molecule has 0 saturated carbocycles. The van der Waals surface area contributed by atoms with Crippen molar-refractivity contribution in [2.24, 2.45) is 5.73 Å². The molecule has 0 spiro atoms. The zero-order valence-electron chi connectivity index (χ0n) is 15.2. The van der Waals surface area contributed by atoms with Crippen molar-refractivity contribution in [3.63, 3.8) is 0 Å². The van der Waals surface area contributed by atoms with Crippen molar-refractivity contribution >= 4 is 11.7 Å². The van der Waals surface area contributed by atoms with Crippen LogP contribution in [0, 0.1) is 0 Å². The average Bonchev–Trinajstić information content (AvgIpc) is 2.62. The zero-order chi connectivity index (χ0) is 18.7. The van der Waals surface area contributed by atoms with E-state index in [-0.39, 0.29) is 17.7 Å². The highest BCUT2D eigenvalue weighted by Gasteiger charge is 2.30. The first kappa shape index (κ1) is 18.1. The number of carbonyl (C=O) groups is 2. The van der Waals surface area contributed by atoms with E-state index in [4.69, 9.17) is 10.5 Å². The molecule has 0 saturated heterocycles. The Morgan fingerprint density at radius 3 is 2.58 bits per heavy atom. The van der Waals surface area contributed by atoms with Gasteiger partial charge in [-0.05, 0) is 49.6 Å². The van der Waals surface area contributed by atoms with E-state index in [0.717, 1.165) is 16.9 Å². The monoisotopic (exact) mass is 352 g/mol. The van der Waals surface area contributed by atoms with Crippen LogP contribution < -0.4 is 10.5 Å². The summed E-state index contributed by atoms with van der Waals surface area (Å²) in [5.74, 6) is 0.407. The van der Waals surface area contributed by atoms with Gasteiger partial charge in [-0.15, -0.1) is 0 Å². The lowest BCUT2D eigenvalue weighted by molar-refractivity contribution is -0.124.